The van der Waals surface area contributed by atoms with Gasteiger partial charge >= 0.3 is 5.97 Å². The predicted octanol–water partition coefficient (Wildman–Crippen LogP) is 2.75. The topological polar surface area (TPSA) is 97.2 Å². The van der Waals surface area contributed by atoms with Crippen molar-refractivity contribution in [1.29, 1.82) is 0 Å². The zero-order valence-corrected chi connectivity index (χ0v) is 15.8. The van der Waals surface area contributed by atoms with Crippen molar-refractivity contribution < 1.29 is 28.6 Å². The molecule has 142 valence electrons. The maximum Gasteiger partial charge on any atom is 0.341 e. The van der Waals surface area contributed by atoms with Crippen molar-refractivity contribution in [3.63, 3.8) is 0 Å². The lowest BCUT2D eigenvalue weighted by Crippen LogP contribution is -2.19. The van der Waals surface area contributed by atoms with E-state index in [2.05, 4.69) is 26.5 Å². The van der Waals surface area contributed by atoms with E-state index in [9.17, 15) is 14.0 Å². The average molecular weight is 439 g/mol. The van der Waals surface area contributed by atoms with Crippen molar-refractivity contribution >= 4 is 34.0 Å². The molecule has 27 heavy (non-hydrogen) atoms. The molecule has 0 bridgehead atoms. The van der Waals surface area contributed by atoms with Crippen LogP contribution in [0.3, 0.4) is 0 Å². The molecule has 0 atom stereocenters. The summed E-state index contributed by atoms with van der Waals surface area (Å²) in [6, 6.07) is 8.83. The molecule has 0 saturated heterocycles. The average Bonchev–Trinajstić information content (AvgIpc) is 2.62. The highest BCUT2D eigenvalue weighted by Gasteiger charge is 2.12. The van der Waals surface area contributed by atoms with Gasteiger partial charge in [0.25, 0.3) is 0 Å². The lowest BCUT2D eigenvalue weighted by molar-refractivity contribution is -0.139. The van der Waals surface area contributed by atoms with Crippen LogP contribution in [-0.4, -0.2) is 36.9 Å². The number of methoxy groups -OCH3 is 1. The van der Waals surface area contributed by atoms with Crippen molar-refractivity contribution in [3.05, 3.63) is 57.8 Å². The summed E-state index contributed by atoms with van der Waals surface area (Å²) in [6.07, 6.45) is 1.46. The highest BCUT2D eigenvalue weighted by molar-refractivity contribution is 9.10. The molecule has 1 amide bonds. The van der Waals surface area contributed by atoms with Gasteiger partial charge in [-0.05, 0) is 51.3 Å². The molecule has 0 radical (unpaired) electrons. The Morgan fingerprint density at radius 1 is 1.30 bits per heavy atom. The van der Waals surface area contributed by atoms with Gasteiger partial charge in [0, 0.05) is 0 Å². The number of hydrogen-bond donors (Lipinski definition) is 2. The Balaban J connectivity index is 2.01. The second-order valence-corrected chi connectivity index (χ2v) is 6.17. The van der Waals surface area contributed by atoms with Crippen LogP contribution in [0.15, 0.2) is 46.0 Å². The molecular weight excluding hydrogens is 423 g/mol. The lowest BCUT2D eigenvalue weighted by atomic mass is 10.1. The Labute approximate surface area is 162 Å². The minimum absolute atomic E-state index is 0.0621. The van der Waals surface area contributed by atoms with Crippen molar-refractivity contribution in [2.75, 3.05) is 13.7 Å². The maximum atomic E-state index is 12.8. The zero-order chi connectivity index (χ0) is 19.8. The number of carbonyl (C=O) groups excluding carboxylic acids is 1. The minimum Gasteiger partial charge on any atom is -0.493 e. The van der Waals surface area contributed by atoms with Crippen molar-refractivity contribution in [1.82, 2.24) is 5.43 Å². The van der Waals surface area contributed by atoms with Crippen molar-refractivity contribution in [2.24, 2.45) is 5.10 Å². The molecule has 7 nitrogen and oxygen atoms in total. The largest absolute Gasteiger partial charge is 0.493 e. The molecule has 2 rings (SSSR count). The number of ether oxygens (including phenoxy) is 2. The quantitative estimate of drug-likeness (QED) is 0.487. The van der Waals surface area contributed by atoms with Crippen LogP contribution in [0.1, 0.15) is 11.1 Å². The van der Waals surface area contributed by atoms with E-state index in [1.807, 2.05) is 0 Å². The summed E-state index contributed by atoms with van der Waals surface area (Å²) in [4.78, 5) is 22.5. The summed E-state index contributed by atoms with van der Waals surface area (Å²) in [6.45, 7) is -0.512. The Hall–Kier alpha value is -2.94. The summed E-state index contributed by atoms with van der Waals surface area (Å²) in [7, 11) is 1.42. The number of carboxylic acid groups (broad SMARTS) is 1. The monoisotopic (exact) mass is 438 g/mol. The minimum atomic E-state index is -1.11. The fraction of sp³-hybridized carbons (Fsp3) is 0.167. The van der Waals surface area contributed by atoms with Gasteiger partial charge in [0.1, 0.15) is 5.82 Å². The van der Waals surface area contributed by atoms with Gasteiger partial charge in [0.15, 0.2) is 18.1 Å². The zero-order valence-electron chi connectivity index (χ0n) is 14.2. The number of benzene rings is 2. The van der Waals surface area contributed by atoms with E-state index in [4.69, 9.17) is 14.6 Å². The SMILES string of the molecule is COc1cc(/C=N/NC(=O)Cc2ccc(F)cc2)cc(Br)c1OCC(=O)O. The van der Waals surface area contributed by atoms with Gasteiger partial charge in [0.2, 0.25) is 5.91 Å². The fourth-order valence-corrected chi connectivity index (χ4v) is 2.67. The van der Waals surface area contributed by atoms with Crippen molar-refractivity contribution in [3.8, 4) is 11.5 Å². The first kappa shape index (κ1) is 20.4. The molecule has 0 aliphatic rings. The Morgan fingerprint density at radius 3 is 2.63 bits per heavy atom. The van der Waals surface area contributed by atoms with Crippen LogP contribution >= 0.6 is 15.9 Å². The first-order chi connectivity index (χ1) is 12.9. The van der Waals surface area contributed by atoms with E-state index < -0.39 is 12.6 Å². The van der Waals surface area contributed by atoms with Crippen LogP contribution in [0.4, 0.5) is 4.39 Å². The molecule has 0 fully saturated rings. The standard InChI is InChI=1S/C18H16BrFN2O5/c1-26-15-7-12(6-14(19)18(15)27-10-17(24)25)9-21-22-16(23)8-11-2-4-13(20)5-3-11/h2-7,9H,8,10H2,1H3,(H,22,23)(H,24,25)/b21-9+. The molecule has 0 heterocycles. The molecule has 0 unspecified atom stereocenters. The van der Waals surface area contributed by atoms with Crippen LogP contribution in [0.2, 0.25) is 0 Å². The molecule has 0 spiro atoms. The number of halogens is 2. The molecule has 0 saturated carbocycles. The van der Waals surface area contributed by atoms with Crippen LogP contribution in [0.5, 0.6) is 11.5 Å². The Bertz CT molecular complexity index is 856. The predicted molar refractivity (Wildman–Crippen MR) is 99.7 cm³/mol. The number of carboxylic acids is 1. The first-order valence-corrected chi connectivity index (χ1v) is 8.47. The molecular formula is C18H16BrFN2O5. The number of hydrazone groups is 1. The second kappa shape index (κ2) is 9.67. The molecule has 0 aliphatic heterocycles. The number of carbonyl (C=O) groups is 2. The van der Waals surface area contributed by atoms with Crippen molar-refractivity contribution in [2.45, 2.75) is 6.42 Å². The third kappa shape index (κ3) is 6.37. The number of nitrogens with one attached hydrogen (secondary N) is 1. The van der Waals surface area contributed by atoms with Crippen LogP contribution in [0.25, 0.3) is 0 Å². The normalized spacial score (nSPS) is 10.6. The van der Waals surface area contributed by atoms with E-state index in [1.165, 1.54) is 37.6 Å². The number of aliphatic carboxylic acids is 1. The summed E-state index contributed by atoms with van der Waals surface area (Å²) in [5.41, 5.74) is 3.62. The van der Waals surface area contributed by atoms with Crippen LogP contribution in [0, 0.1) is 5.82 Å². The summed E-state index contributed by atoms with van der Waals surface area (Å²) in [5, 5.41) is 12.6. The van der Waals surface area contributed by atoms with Crippen LogP contribution < -0.4 is 14.9 Å². The van der Waals surface area contributed by atoms with Crippen LogP contribution in [-0.2, 0) is 16.0 Å². The number of hydrogen-bond acceptors (Lipinski definition) is 5. The van der Waals surface area contributed by atoms with E-state index in [1.54, 1.807) is 12.1 Å². The maximum absolute atomic E-state index is 12.8. The highest BCUT2D eigenvalue weighted by atomic mass is 79.9. The van der Waals surface area contributed by atoms with Gasteiger partial charge in [-0.25, -0.2) is 14.6 Å². The smallest absolute Gasteiger partial charge is 0.341 e. The molecule has 0 aliphatic carbocycles. The van der Waals surface area contributed by atoms with E-state index in [-0.39, 0.29) is 23.9 Å². The fourth-order valence-electron chi connectivity index (χ4n) is 2.09. The Morgan fingerprint density at radius 2 is 2.00 bits per heavy atom. The number of nitrogens with zero attached hydrogens (tertiary/aromatic N) is 1. The Kier molecular flexibility index (Phi) is 7.30. The molecule has 2 N–H and O–H groups in total. The second-order valence-electron chi connectivity index (χ2n) is 5.31. The first-order valence-electron chi connectivity index (χ1n) is 7.67. The summed E-state index contributed by atoms with van der Waals surface area (Å²) in [5.74, 6) is -1.28. The number of rotatable bonds is 8. The van der Waals surface area contributed by atoms with E-state index in [0.29, 0.717) is 21.3 Å². The van der Waals surface area contributed by atoms with E-state index >= 15 is 0 Å². The van der Waals surface area contributed by atoms with E-state index in [0.717, 1.165) is 0 Å². The summed E-state index contributed by atoms with van der Waals surface area (Å²) >= 11 is 3.28. The molecule has 0 aromatic heterocycles. The summed E-state index contributed by atoms with van der Waals surface area (Å²) < 4.78 is 23.7. The van der Waals surface area contributed by atoms with Gasteiger partial charge < -0.3 is 14.6 Å². The molecule has 2 aromatic carbocycles. The lowest BCUT2D eigenvalue weighted by Gasteiger charge is -2.12. The third-order valence-electron chi connectivity index (χ3n) is 3.27. The van der Waals surface area contributed by atoms with Gasteiger partial charge in [-0.2, -0.15) is 5.10 Å². The van der Waals surface area contributed by atoms with Gasteiger partial charge in [-0.1, -0.05) is 12.1 Å². The number of amides is 1. The molecule has 2 aromatic rings. The van der Waals surface area contributed by atoms with Gasteiger partial charge in [-0.15, -0.1) is 0 Å². The molecule has 9 heteroatoms. The highest BCUT2D eigenvalue weighted by Crippen LogP contribution is 2.36. The van der Waals surface area contributed by atoms with Gasteiger partial charge in [0.05, 0.1) is 24.2 Å². The third-order valence-corrected chi connectivity index (χ3v) is 3.86. The van der Waals surface area contributed by atoms with Gasteiger partial charge in [-0.3, -0.25) is 4.79 Å².